The molecule has 0 aromatic rings. The maximum Gasteiger partial charge on any atom is 0.292 e. The van der Waals surface area contributed by atoms with Gasteiger partial charge in [0, 0.05) is 5.92 Å². The van der Waals surface area contributed by atoms with E-state index in [1.165, 1.54) is 5.57 Å². The van der Waals surface area contributed by atoms with Gasteiger partial charge in [0.05, 0.1) is 0 Å². The Hall–Kier alpha value is -0.390. The highest BCUT2D eigenvalue weighted by molar-refractivity contribution is 7.86. The Morgan fingerprint density at radius 1 is 1.57 bits per heavy atom. The van der Waals surface area contributed by atoms with Crippen LogP contribution in [0.25, 0.3) is 0 Å². The van der Waals surface area contributed by atoms with Gasteiger partial charge in [-0.15, -0.1) is 0 Å². The first kappa shape index (κ1) is 11.7. The van der Waals surface area contributed by atoms with Crippen LogP contribution in [0.3, 0.4) is 0 Å². The summed E-state index contributed by atoms with van der Waals surface area (Å²) < 4.78 is 30.2. The minimum atomic E-state index is -4.33. The van der Waals surface area contributed by atoms with Crippen molar-refractivity contribution in [2.75, 3.05) is 0 Å². The van der Waals surface area contributed by atoms with E-state index in [0.29, 0.717) is 6.42 Å². The van der Waals surface area contributed by atoms with Gasteiger partial charge in [-0.1, -0.05) is 18.6 Å². The average molecular weight is 220 g/mol. The lowest BCUT2D eigenvalue weighted by Gasteiger charge is -2.29. The van der Waals surface area contributed by atoms with Crippen molar-refractivity contribution in [1.82, 2.24) is 0 Å². The molecule has 0 spiro atoms. The maximum atomic E-state index is 10.7. The van der Waals surface area contributed by atoms with Crippen LogP contribution in [0.1, 0.15) is 26.7 Å². The maximum absolute atomic E-state index is 10.7. The Morgan fingerprint density at radius 3 is 2.57 bits per heavy atom. The van der Waals surface area contributed by atoms with E-state index < -0.39 is 21.5 Å². The van der Waals surface area contributed by atoms with Gasteiger partial charge >= 0.3 is 0 Å². The molecular formula is C9H16O4S. The summed E-state index contributed by atoms with van der Waals surface area (Å²) in [6.45, 7) is 3.83. The molecule has 2 N–H and O–H groups in total. The molecule has 4 nitrogen and oxygen atoms in total. The Morgan fingerprint density at radius 2 is 2.14 bits per heavy atom. The van der Waals surface area contributed by atoms with Gasteiger partial charge in [-0.25, -0.2) is 0 Å². The molecule has 3 unspecified atom stereocenters. The number of allylic oxidation sites excluding steroid dienone is 2. The van der Waals surface area contributed by atoms with Gasteiger partial charge in [0.25, 0.3) is 10.1 Å². The fourth-order valence-electron chi connectivity index (χ4n) is 1.94. The summed E-state index contributed by atoms with van der Waals surface area (Å²) in [5, 5.41) is 9.40. The molecular weight excluding hydrogens is 204 g/mol. The van der Waals surface area contributed by atoms with Gasteiger partial charge in [-0.05, 0) is 25.7 Å². The Bertz CT molecular complexity index is 331. The van der Waals surface area contributed by atoms with Gasteiger partial charge in [-0.2, -0.15) is 8.42 Å². The van der Waals surface area contributed by atoms with E-state index >= 15 is 0 Å². The minimum Gasteiger partial charge on any atom is -0.375 e. The lowest BCUT2D eigenvalue weighted by molar-refractivity contribution is 0.135. The second kappa shape index (κ2) is 4.00. The number of aliphatic hydroxyl groups is 1. The molecule has 0 aliphatic heterocycles. The van der Waals surface area contributed by atoms with Crippen molar-refractivity contribution in [1.29, 1.82) is 0 Å². The molecule has 1 aliphatic rings. The minimum absolute atomic E-state index is 0.0133. The summed E-state index contributed by atoms with van der Waals surface area (Å²) in [7, 11) is -4.33. The number of hydrogen-bond acceptors (Lipinski definition) is 3. The second-order valence-corrected chi connectivity index (χ2v) is 5.49. The van der Waals surface area contributed by atoms with Crippen LogP contribution >= 0.6 is 0 Å². The molecule has 0 amide bonds. The predicted octanol–water partition coefficient (Wildman–Crippen LogP) is 1.19. The van der Waals surface area contributed by atoms with E-state index in [2.05, 4.69) is 0 Å². The van der Waals surface area contributed by atoms with Crippen LogP contribution in [0.5, 0.6) is 0 Å². The molecule has 0 radical (unpaired) electrons. The van der Waals surface area contributed by atoms with E-state index in [4.69, 9.17) is 4.55 Å². The van der Waals surface area contributed by atoms with Crippen molar-refractivity contribution in [2.45, 2.75) is 32.1 Å². The Balaban J connectivity index is 2.82. The van der Waals surface area contributed by atoms with E-state index in [1.807, 2.05) is 19.9 Å². The zero-order valence-electron chi connectivity index (χ0n) is 8.34. The Kier molecular flexibility index (Phi) is 3.34. The molecule has 82 valence electrons. The van der Waals surface area contributed by atoms with Crippen molar-refractivity contribution in [2.24, 2.45) is 11.8 Å². The lowest BCUT2D eigenvalue weighted by Crippen LogP contribution is -2.34. The SMILES string of the molecule is CC1=CC(C)C(C(O)S(=O)(=O)O)CC1. The van der Waals surface area contributed by atoms with Gasteiger partial charge < -0.3 is 5.11 Å². The summed E-state index contributed by atoms with van der Waals surface area (Å²) in [5.74, 6) is -0.408. The van der Waals surface area contributed by atoms with E-state index in [1.54, 1.807) is 0 Å². The summed E-state index contributed by atoms with van der Waals surface area (Å²) in [5.41, 5.74) is -0.446. The van der Waals surface area contributed by atoms with Gasteiger partial charge in [-0.3, -0.25) is 4.55 Å². The molecule has 3 atom stereocenters. The van der Waals surface area contributed by atoms with Gasteiger partial charge in [0.15, 0.2) is 5.44 Å². The third-order valence-corrected chi connectivity index (χ3v) is 3.73. The lowest BCUT2D eigenvalue weighted by atomic mass is 9.82. The summed E-state index contributed by atoms with van der Waals surface area (Å²) in [4.78, 5) is 0. The van der Waals surface area contributed by atoms with Crippen LogP contribution in [0.4, 0.5) is 0 Å². The highest BCUT2D eigenvalue weighted by Gasteiger charge is 2.34. The molecule has 14 heavy (non-hydrogen) atoms. The molecule has 0 aromatic heterocycles. The molecule has 0 heterocycles. The Labute approximate surface area is 84.4 Å². The summed E-state index contributed by atoms with van der Waals surface area (Å²) >= 11 is 0. The van der Waals surface area contributed by atoms with Crippen LogP contribution in [0.15, 0.2) is 11.6 Å². The smallest absolute Gasteiger partial charge is 0.292 e. The molecule has 1 rings (SSSR count). The highest BCUT2D eigenvalue weighted by atomic mass is 32.2. The molecule has 0 bridgehead atoms. The molecule has 1 aliphatic carbocycles. The fourth-order valence-corrected chi connectivity index (χ4v) is 2.76. The fraction of sp³-hybridized carbons (Fsp3) is 0.778. The molecule has 5 heteroatoms. The van der Waals surface area contributed by atoms with Crippen molar-refractivity contribution >= 4 is 10.1 Å². The summed E-state index contributed by atoms with van der Waals surface area (Å²) in [6, 6.07) is 0. The third-order valence-electron chi connectivity index (χ3n) is 2.77. The first-order valence-corrected chi connectivity index (χ1v) is 6.14. The van der Waals surface area contributed by atoms with E-state index in [9.17, 15) is 13.5 Å². The van der Waals surface area contributed by atoms with Crippen LogP contribution < -0.4 is 0 Å². The van der Waals surface area contributed by atoms with Crippen LogP contribution in [-0.4, -0.2) is 23.5 Å². The first-order chi connectivity index (χ1) is 6.32. The standard InChI is InChI=1S/C9H16O4S/c1-6-3-4-8(7(2)5-6)9(10)14(11,12)13/h5,7-10H,3-4H2,1-2H3,(H,11,12,13). The van der Waals surface area contributed by atoms with E-state index in [0.717, 1.165) is 6.42 Å². The topological polar surface area (TPSA) is 74.6 Å². The summed E-state index contributed by atoms with van der Waals surface area (Å²) in [6.07, 6.45) is 3.33. The van der Waals surface area contributed by atoms with Crippen molar-refractivity contribution in [3.05, 3.63) is 11.6 Å². The largest absolute Gasteiger partial charge is 0.375 e. The zero-order valence-corrected chi connectivity index (χ0v) is 9.16. The van der Waals surface area contributed by atoms with Crippen molar-refractivity contribution < 1.29 is 18.1 Å². The van der Waals surface area contributed by atoms with Crippen LogP contribution in [0.2, 0.25) is 0 Å². The van der Waals surface area contributed by atoms with Gasteiger partial charge in [0.2, 0.25) is 0 Å². The molecule has 0 saturated carbocycles. The highest BCUT2D eigenvalue weighted by Crippen LogP contribution is 2.32. The third kappa shape index (κ3) is 2.56. The number of rotatable bonds is 2. The van der Waals surface area contributed by atoms with Crippen LogP contribution in [-0.2, 0) is 10.1 Å². The van der Waals surface area contributed by atoms with Crippen LogP contribution in [0, 0.1) is 11.8 Å². The molecule has 0 saturated heterocycles. The normalized spacial score (nSPS) is 31.0. The number of aliphatic hydroxyl groups excluding tert-OH is 1. The predicted molar refractivity (Wildman–Crippen MR) is 53.2 cm³/mol. The monoisotopic (exact) mass is 220 g/mol. The van der Waals surface area contributed by atoms with Gasteiger partial charge in [0.1, 0.15) is 0 Å². The molecule has 0 fully saturated rings. The zero-order chi connectivity index (χ0) is 10.9. The van der Waals surface area contributed by atoms with E-state index in [-0.39, 0.29) is 5.92 Å². The first-order valence-electron chi connectivity index (χ1n) is 4.64. The van der Waals surface area contributed by atoms with Crippen molar-refractivity contribution in [3.8, 4) is 0 Å². The van der Waals surface area contributed by atoms with Crippen molar-refractivity contribution in [3.63, 3.8) is 0 Å². The number of hydrogen-bond donors (Lipinski definition) is 2. The average Bonchev–Trinajstić information content (AvgIpc) is 2.01. The quantitative estimate of drug-likeness (QED) is 0.541. The second-order valence-electron chi connectivity index (χ2n) is 3.98. The molecule has 0 aromatic carbocycles.